The summed E-state index contributed by atoms with van der Waals surface area (Å²) in [4.78, 5) is 2.41. The molecule has 0 unspecified atom stereocenters. The number of nitrogens with zero attached hydrogens (tertiary/aromatic N) is 1. The Morgan fingerprint density at radius 2 is 0.776 bits per heavy atom. The Hall–Kier alpha value is -7.68. The van der Waals surface area contributed by atoms with E-state index in [0.717, 1.165) is 61.3 Å². The van der Waals surface area contributed by atoms with Crippen molar-refractivity contribution in [3.8, 4) is 44.5 Å². The van der Waals surface area contributed by atoms with E-state index in [1.807, 2.05) is 6.07 Å². The van der Waals surface area contributed by atoms with Gasteiger partial charge in [0.15, 0.2) is 0 Å². The Kier molecular flexibility index (Phi) is 8.19. The summed E-state index contributed by atoms with van der Waals surface area (Å²) < 4.78 is 6.68. The van der Waals surface area contributed by atoms with Crippen LogP contribution in [-0.2, 0) is 0 Å². The van der Waals surface area contributed by atoms with Crippen LogP contribution in [-0.4, -0.2) is 0 Å². The van der Waals surface area contributed by atoms with Crippen LogP contribution in [0.4, 0.5) is 17.1 Å². The topological polar surface area (TPSA) is 16.4 Å². The Morgan fingerprint density at radius 3 is 1.41 bits per heavy atom. The first-order valence-corrected chi connectivity index (χ1v) is 19.8. The second kappa shape index (κ2) is 14.1. The highest BCUT2D eigenvalue weighted by atomic mass is 16.3. The lowest BCUT2D eigenvalue weighted by Gasteiger charge is -2.29. The van der Waals surface area contributed by atoms with Gasteiger partial charge in [0.1, 0.15) is 11.2 Å². The molecule has 0 aliphatic rings. The summed E-state index contributed by atoms with van der Waals surface area (Å²) in [5, 5.41) is 7.19. The summed E-state index contributed by atoms with van der Waals surface area (Å²) >= 11 is 0. The van der Waals surface area contributed by atoms with E-state index >= 15 is 0 Å². The van der Waals surface area contributed by atoms with Crippen molar-refractivity contribution in [1.29, 1.82) is 0 Å². The summed E-state index contributed by atoms with van der Waals surface area (Å²) in [5.41, 5.74) is 14.2. The molecule has 0 aliphatic heterocycles. The summed E-state index contributed by atoms with van der Waals surface area (Å²) in [7, 11) is 0. The van der Waals surface area contributed by atoms with Crippen molar-refractivity contribution < 1.29 is 4.42 Å². The maximum atomic E-state index is 6.68. The van der Waals surface area contributed by atoms with Gasteiger partial charge in [0.2, 0.25) is 0 Å². The molecular weight excluding hydrogens is 703 g/mol. The zero-order valence-corrected chi connectivity index (χ0v) is 31.7. The van der Waals surface area contributed by atoms with Gasteiger partial charge in [-0.15, -0.1) is 0 Å². The van der Waals surface area contributed by atoms with Crippen LogP contribution in [0, 0.1) is 0 Å². The SMILES string of the molecule is c1ccc(-c2ccc(-c3cccc4c3oc3ccccc34)c(N(c3ccc(-c4cccc5ccccc45)cc3)c3ccc(-c4cccc5ccccc45)cc3)c2)cc1. The third kappa shape index (κ3) is 5.82. The molecule has 0 spiro atoms. The second-order valence-electron chi connectivity index (χ2n) is 14.9. The molecule has 1 heterocycles. The zero-order valence-electron chi connectivity index (χ0n) is 31.7. The monoisotopic (exact) mass is 739 g/mol. The van der Waals surface area contributed by atoms with Gasteiger partial charge in [0.25, 0.3) is 0 Å². The van der Waals surface area contributed by atoms with E-state index in [2.05, 4.69) is 223 Å². The molecule has 2 heteroatoms. The zero-order chi connectivity index (χ0) is 38.4. The van der Waals surface area contributed by atoms with Gasteiger partial charge >= 0.3 is 0 Å². The fourth-order valence-corrected chi connectivity index (χ4v) is 8.68. The van der Waals surface area contributed by atoms with E-state index in [9.17, 15) is 0 Å². The van der Waals surface area contributed by atoms with Crippen LogP contribution in [0.15, 0.2) is 229 Å². The summed E-state index contributed by atoms with van der Waals surface area (Å²) in [5.74, 6) is 0. The molecule has 10 aromatic carbocycles. The first-order chi connectivity index (χ1) is 28.8. The predicted octanol–water partition coefficient (Wildman–Crippen LogP) is 16.0. The Morgan fingerprint density at radius 1 is 0.293 bits per heavy atom. The molecule has 0 radical (unpaired) electrons. The van der Waals surface area contributed by atoms with Crippen LogP contribution in [0.25, 0.3) is 88.0 Å². The molecule has 11 rings (SSSR count). The molecule has 0 fully saturated rings. The van der Waals surface area contributed by atoms with Gasteiger partial charge in [-0.2, -0.15) is 0 Å². The van der Waals surface area contributed by atoms with Crippen molar-refractivity contribution in [3.63, 3.8) is 0 Å². The predicted molar refractivity (Wildman–Crippen MR) is 245 cm³/mol. The minimum Gasteiger partial charge on any atom is -0.455 e. The molecule has 2 nitrogen and oxygen atoms in total. The van der Waals surface area contributed by atoms with Gasteiger partial charge in [0, 0.05) is 33.3 Å². The van der Waals surface area contributed by atoms with E-state index in [-0.39, 0.29) is 0 Å². The van der Waals surface area contributed by atoms with Crippen molar-refractivity contribution in [2.24, 2.45) is 0 Å². The molecule has 0 saturated carbocycles. The number of benzene rings is 10. The summed E-state index contributed by atoms with van der Waals surface area (Å²) in [6.07, 6.45) is 0. The third-order valence-corrected chi connectivity index (χ3v) is 11.5. The lowest BCUT2D eigenvalue weighted by molar-refractivity contribution is 0.670. The van der Waals surface area contributed by atoms with Gasteiger partial charge < -0.3 is 9.32 Å². The maximum absolute atomic E-state index is 6.68. The van der Waals surface area contributed by atoms with E-state index in [1.165, 1.54) is 43.8 Å². The van der Waals surface area contributed by atoms with Crippen molar-refractivity contribution in [1.82, 2.24) is 0 Å². The molecule has 272 valence electrons. The van der Waals surface area contributed by atoms with Crippen LogP contribution in [0.5, 0.6) is 0 Å². The van der Waals surface area contributed by atoms with Gasteiger partial charge in [-0.25, -0.2) is 0 Å². The van der Waals surface area contributed by atoms with Gasteiger partial charge in [-0.1, -0.05) is 188 Å². The minimum atomic E-state index is 0.884. The Balaban J connectivity index is 1.13. The largest absolute Gasteiger partial charge is 0.455 e. The summed E-state index contributed by atoms with van der Waals surface area (Å²) in [6, 6.07) is 80.7. The molecule has 1 aromatic heterocycles. The number of rotatable bonds is 7. The number of anilines is 3. The molecule has 0 N–H and O–H groups in total. The van der Waals surface area contributed by atoms with Crippen molar-refractivity contribution in [2.75, 3.05) is 4.90 Å². The van der Waals surface area contributed by atoms with Gasteiger partial charge in [-0.3, -0.25) is 0 Å². The highest BCUT2D eigenvalue weighted by Crippen LogP contribution is 2.46. The van der Waals surface area contributed by atoms with E-state index in [0.29, 0.717) is 0 Å². The van der Waals surface area contributed by atoms with Crippen LogP contribution < -0.4 is 4.90 Å². The normalized spacial score (nSPS) is 11.4. The van der Waals surface area contributed by atoms with Crippen molar-refractivity contribution in [3.05, 3.63) is 224 Å². The van der Waals surface area contributed by atoms with Gasteiger partial charge in [0.05, 0.1) is 5.69 Å². The van der Waals surface area contributed by atoms with Crippen molar-refractivity contribution >= 4 is 60.5 Å². The average Bonchev–Trinajstić information content (AvgIpc) is 3.69. The molecular formula is C56H37NO. The highest BCUT2D eigenvalue weighted by molar-refractivity contribution is 6.11. The maximum Gasteiger partial charge on any atom is 0.143 e. The molecule has 0 saturated heterocycles. The second-order valence-corrected chi connectivity index (χ2v) is 14.9. The average molecular weight is 740 g/mol. The highest BCUT2D eigenvalue weighted by Gasteiger charge is 2.22. The van der Waals surface area contributed by atoms with E-state index in [4.69, 9.17) is 4.42 Å². The Labute approximate surface area is 337 Å². The minimum absolute atomic E-state index is 0.884. The number of hydrogen-bond acceptors (Lipinski definition) is 2. The van der Waals surface area contributed by atoms with E-state index < -0.39 is 0 Å². The third-order valence-electron chi connectivity index (χ3n) is 11.5. The first-order valence-electron chi connectivity index (χ1n) is 19.8. The molecule has 0 atom stereocenters. The molecule has 0 bridgehead atoms. The smallest absolute Gasteiger partial charge is 0.143 e. The molecule has 58 heavy (non-hydrogen) atoms. The Bertz CT molecular complexity index is 3130. The lowest BCUT2D eigenvalue weighted by atomic mass is 9.94. The molecule has 11 aromatic rings. The number of fused-ring (bicyclic) bond motifs is 5. The number of para-hydroxylation sites is 2. The number of furan rings is 1. The standard InChI is InChI=1S/C56H37NO/c1-2-13-38(14-3-1)43-31-36-50(52-24-12-25-53-51-21-8-9-26-55(51)58-56(52)53)54(37-43)57(44-32-27-41(28-33-44)48-22-10-17-39-15-4-6-19-46(39)48)45-34-29-42(30-35-45)49-23-11-18-40-16-5-7-20-47(40)49/h1-37H. The first kappa shape index (κ1) is 33.6. The fraction of sp³-hybridized carbons (Fsp3) is 0. The molecule has 0 amide bonds. The quantitative estimate of drug-likeness (QED) is 0.162. The summed E-state index contributed by atoms with van der Waals surface area (Å²) in [6.45, 7) is 0. The van der Waals surface area contributed by atoms with Crippen LogP contribution in [0.3, 0.4) is 0 Å². The van der Waals surface area contributed by atoms with Crippen LogP contribution in [0.1, 0.15) is 0 Å². The molecule has 0 aliphatic carbocycles. The lowest BCUT2D eigenvalue weighted by Crippen LogP contribution is -2.11. The van der Waals surface area contributed by atoms with Crippen LogP contribution in [0.2, 0.25) is 0 Å². The van der Waals surface area contributed by atoms with E-state index in [1.54, 1.807) is 0 Å². The fourth-order valence-electron chi connectivity index (χ4n) is 8.68. The number of hydrogen-bond donors (Lipinski definition) is 0. The van der Waals surface area contributed by atoms with Gasteiger partial charge in [-0.05, 0) is 91.3 Å². The van der Waals surface area contributed by atoms with Crippen molar-refractivity contribution in [2.45, 2.75) is 0 Å². The van der Waals surface area contributed by atoms with Crippen LogP contribution >= 0.6 is 0 Å².